The van der Waals surface area contributed by atoms with Gasteiger partial charge in [-0.15, -0.1) is 0 Å². The summed E-state index contributed by atoms with van der Waals surface area (Å²) in [6, 6.07) is -0.356. The molecular weight excluding hydrogens is 266 g/mol. The van der Waals surface area contributed by atoms with E-state index in [-0.39, 0.29) is 18.7 Å². The van der Waals surface area contributed by atoms with Crippen molar-refractivity contribution in [3.05, 3.63) is 0 Å². The largest absolute Gasteiger partial charge is 0.480 e. The van der Waals surface area contributed by atoms with Gasteiger partial charge in [-0.05, 0) is 26.7 Å². The Hall–Kier alpha value is -1.83. The van der Waals surface area contributed by atoms with E-state index in [0.717, 1.165) is 0 Å². The smallest absolute Gasteiger partial charge is 0.329 e. The predicted octanol–water partition coefficient (Wildman–Crippen LogP) is -0.474. The molecule has 1 rings (SSSR count). The summed E-state index contributed by atoms with van der Waals surface area (Å²) in [7, 11) is 0. The third-order valence-corrected chi connectivity index (χ3v) is 3.21. The lowest BCUT2D eigenvalue weighted by molar-refractivity contribution is -0.145. The molecule has 1 fully saturated rings. The van der Waals surface area contributed by atoms with Crippen molar-refractivity contribution in [2.45, 2.75) is 38.3 Å². The first kappa shape index (κ1) is 16.2. The molecule has 0 radical (unpaired) electrons. The SMILES string of the molecule is CC(C)(NC(=O)N1CCC(OCC(=O)O)CC1)C(N)=O. The predicted molar refractivity (Wildman–Crippen MR) is 70.0 cm³/mol. The quantitative estimate of drug-likeness (QED) is 0.630. The minimum atomic E-state index is -1.10. The Morgan fingerprint density at radius 2 is 1.90 bits per heavy atom. The fraction of sp³-hybridized carbons (Fsp3) is 0.750. The van der Waals surface area contributed by atoms with E-state index < -0.39 is 17.4 Å². The first-order chi connectivity index (χ1) is 9.22. The lowest BCUT2D eigenvalue weighted by Crippen LogP contribution is -2.57. The lowest BCUT2D eigenvalue weighted by Gasteiger charge is -2.34. The van der Waals surface area contributed by atoms with Crippen molar-refractivity contribution >= 4 is 17.9 Å². The number of likely N-dealkylation sites (tertiary alicyclic amines) is 1. The molecule has 0 unspecified atom stereocenters. The summed E-state index contributed by atoms with van der Waals surface area (Å²) in [6.07, 6.45) is 0.981. The van der Waals surface area contributed by atoms with Gasteiger partial charge in [0.1, 0.15) is 12.1 Å². The number of urea groups is 1. The van der Waals surface area contributed by atoms with Crippen LogP contribution in [-0.4, -0.2) is 59.3 Å². The molecule has 1 saturated heterocycles. The average Bonchev–Trinajstić information content (AvgIpc) is 2.36. The van der Waals surface area contributed by atoms with Gasteiger partial charge in [0, 0.05) is 13.1 Å². The highest BCUT2D eigenvalue weighted by atomic mass is 16.5. The number of carboxylic acid groups (broad SMARTS) is 1. The van der Waals surface area contributed by atoms with Crippen LogP contribution < -0.4 is 11.1 Å². The summed E-state index contributed by atoms with van der Waals surface area (Å²) in [5.74, 6) is -1.61. The Balaban J connectivity index is 2.39. The number of carbonyl (C=O) groups is 3. The minimum absolute atomic E-state index is 0.153. The van der Waals surface area contributed by atoms with E-state index in [1.54, 1.807) is 4.90 Å². The molecule has 0 aromatic rings. The normalized spacial score (nSPS) is 16.8. The van der Waals surface area contributed by atoms with E-state index in [9.17, 15) is 14.4 Å². The summed E-state index contributed by atoms with van der Waals surface area (Å²) in [4.78, 5) is 35.1. The Morgan fingerprint density at radius 3 is 2.35 bits per heavy atom. The minimum Gasteiger partial charge on any atom is -0.480 e. The number of nitrogens with two attached hydrogens (primary N) is 1. The van der Waals surface area contributed by atoms with Gasteiger partial charge in [-0.3, -0.25) is 4.79 Å². The number of ether oxygens (including phenoxy) is 1. The van der Waals surface area contributed by atoms with Gasteiger partial charge >= 0.3 is 12.0 Å². The molecule has 0 bridgehead atoms. The van der Waals surface area contributed by atoms with E-state index in [1.165, 1.54) is 13.8 Å². The van der Waals surface area contributed by atoms with Crippen molar-refractivity contribution in [3.63, 3.8) is 0 Å². The molecule has 8 nitrogen and oxygen atoms in total. The van der Waals surface area contributed by atoms with E-state index >= 15 is 0 Å². The van der Waals surface area contributed by atoms with Crippen LogP contribution in [-0.2, 0) is 14.3 Å². The summed E-state index contributed by atoms with van der Waals surface area (Å²) in [6.45, 7) is 3.65. The second-order valence-corrected chi connectivity index (χ2v) is 5.31. The van der Waals surface area contributed by atoms with Gasteiger partial charge in [0.25, 0.3) is 0 Å². The van der Waals surface area contributed by atoms with Gasteiger partial charge in [-0.2, -0.15) is 0 Å². The summed E-state index contributed by atoms with van der Waals surface area (Å²) in [5, 5.41) is 11.1. The number of carboxylic acids is 1. The van der Waals surface area contributed by atoms with Gasteiger partial charge in [-0.25, -0.2) is 9.59 Å². The maximum absolute atomic E-state index is 12.0. The number of amides is 3. The average molecular weight is 287 g/mol. The fourth-order valence-electron chi connectivity index (χ4n) is 1.82. The summed E-state index contributed by atoms with van der Waals surface area (Å²) in [5.41, 5.74) is 4.09. The van der Waals surface area contributed by atoms with Crippen LogP contribution in [0.3, 0.4) is 0 Å². The van der Waals surface area contributed by atoms with E-state index in [1.807, 2.05) is 0 Å². The molecule has 0 aromatic heterocycles. The number of hydrogen-bond acceptors (Lipinski definition) is 4. The molecule has 1 aliphatic heterocycles. The highest BCUT2D eigenvalue weighted by molar-refractivity contribution is 5.89. The monoisotopic (exact) mass is 287 g/mol. The number of aliphatic carboxylic acids is 1. The number of nitrogens with zero attached hydrogens (tertiary/aromatic N) is 1. The number of rotatable bonds is 5. The Labute approximate surface area is 117 Å². The molecule has 1 aliphatic rings. The molecule has 114 valence electrons. The van der Waals surface area contributed by atoms with Crippen LogP contribution in [0.15, 0.2) is 0 Å². The van der Waals surface area contributed by atoms with Crippen molar-refractivity contribution in [3.8, 4) is 0 Å². The molecule has 3 amide bonds. The first-order valence-corrected chi connectivity index (χ1v) is 6.43. The van der Waals surface area contributed by atoms with Gasteiger partial charge in [0.2, 0.25) is 5.91 Å². The van der Waals surface area contributed by atoms with Crippen LogP contribution in [0.1, 0.15) is 26.7 Å². The zero-order chi connectivity index (χ0) is 15.3. The molecule has 0 atom stereocenters. The second-order valence-electron chi connectivity index (χ2n) is 5.31. The van der Waals surface area contributed by atoms with Crippen LogP contribution in [0.2, 0.25) is 0 Å². The van der Waals surface area contributed by atoms with Crippen molar-refractivity contribution in [2.24, 2.45) is 5.73 Å². The molecule has 0 aliphatic carbocycles. The number of hydrogen-bond donors (Lipinski definition) is 3. The number of piperidine rings is 1. The lowest BCUT2D eigenvalue weighted by atomic mass is 10.1. The van der Waals surface area contributed by atoms with E-state index in [0.29, 0.717) is 25.9 Å². The molecular formula is C12H21N3O5. The third kappa shape index (κ3) is 4.69. The van der Waals surface area contributed by atoms with E-state index in [4.69, 9.17) is 15.6 Å². The zero-order valence-corrected chi connectivity index (χ0v) is 11.7. The van der Waals surface area contributed by atoms with Crippen LogP contribution in [0.4, 0.5) is 4.79 Å². The van der Waals surface area contributed by atoms with Gasteiger partial charge in [-0.1, -0.05) is 0 Å². The number of primary amides is 1. The molecule has 0 spiro atoms. The molecule has 8 heteroatoms. The first-order valence-electron chi connectivity index (χ1n) is 6.43. The third-order valence-electron chi connectivity index (χ3n) is 3.21. The molecule has 0 saturated carbocycles. The maximum atomic E-state index is 12.0. The molecule has 4 N–H and O–H groups in total. The number of carbonyl (C=O) groups excluding carboxylic acids is 2. The molecule has 0 aromatic carbocycles. The van der Waals surface area contributed by atoms with Crippen LogP contribution in [0, 0.1) is 0 Å². The highest BCUT2D eigenvalue weighted by Crippen LogP contribution is 2.14. The highest BCUT2D eigenvalue weighted by Gasteiger charge is 2.31. The Kier molecular flexibility index (Phi) is 5.32. The van der Waals surface area contributed by atoms with Crippen LogP contribution in [0.5, 0.6) is 0 Å². The van der Waals surface area contributed by atoms with E-state index in [2.05, 4.69) is 5.32 Å². The van der Waals surface area contributed by atoms with Crippen LogP contribution >= 0.6 is 0 Å². The zero-order valence-electron chi connectivity index (χ0n) is 11.7. The number of nitrogens with one attached hydrogen (secondary N) is 1. The van der Waals surface area contributed by atoms with Gasteiger partial charge < -0.3 is 25.8 Å². The fourth-order valence-corrected chi connectivity index (χ4v) is 1.82. The summed E-state index contributed by atoms with van der Waals surface area (Å²) >= 11 is 0. The summed E-state index contributed by atoms with van der Waals surface area (Å²) < 4.78 is 5.18. The topological polar surface area (TPSA) is 122 Å². The van der Waals surface area contributed by atoms with Crippen molar-refractivity contribution in [1.29, 1.82) is 0 Å². The Bertz CT molecular complexity index is 389. The van der Waals surface area contributed by atoms with Gasteiger partial charge in [0.05, 0.1) is 6.10 Å². The molecule has 20 heavy (non-hydrogen) atoms. The second kappa shape index (κ2) is 6.56. The van der Waals surface area contributed by atoms with Crippen LogP contribution in [0.25, 0.3) is 0 Å². The standard InChI is InChI=1S/C12H21N3O5/c1-12(2,10(13)18)14-11(19)15-5-3-8(4-6-15)20-7-9(16)17/h8H,3-7H2,1-2H3,(H2,13,18)(H,14,19)(H,16,17). The maximum Gasteiger partial charge on any atom is 0.329 e. The van der Waals surface area contributed by atoms with Crippen molar-refractivity contribution in [1.82, 2.24) is 10.2 Å². The Morgan fingerprint density at radius 1 is 1.35 bits per heavy atom. The van der Waals surface area contributed by atoms with Gasteiger partial charge in [0.15, 0.2) is 0 Å². The van der Waals surface area contributed by atoms with Crippen molar-refractivity contribution < 1.29 is 24.2 Å². The molecule has 1 heterocycles. The van der Waals surface area contributed by atoms with Crippen molar-refractivity contribution in [2.75, 3.05) is 19.7 Å².